The molecule has 1 atom stereocenters. The number of alkyl halides is 3. The van der Waals surface area contributed by atoms with Gasteiger partial charge in [0.15, 0.2) is 0 Å². The van der Waals surface area contributed by atoms with Gasteiger partial charge in [0.1, 0.15) is 22.6 Å². The summed E-state index contributed by atoms with van der Waals surface area (Å²) in [5.41, 5.74) is 5.24. The largest absolute Gasteiger partial charge is 0.611 e. The monoisotopic (exact) mass is 402 g/mol. The highest BCUT2D eigenvalue weighted by Gasteiger charge is 2.37. The molecule has 0 fully saturated rings. The summed E-state index contributed by atoms with van der Waals surface area (Å²) < 4.78 is 58.2. The van der Waals surface area contributed by atoms with E-state index in [1.807, 2.05) is 0 Å². The van der Waals surface area contributed by atoms with Crippen molar-refractivity contribution < 1.29 is 22.5 Å². The van der Waals surface area contributed by atoms with Gasteiger partial charge in [-0.2, -0.15) is 13.2 Å². The molecule has 2 N–H and O–H groups in total. The summed E-state index contributed by atoms with van der Waals surface area (Å²) in [6, 6.07) is 0.909. The van der Waals surface area contributed by atoms with Gasteiger partial charge in [-0.1, -0.05) is 11.3 Å². The third-order valence-electron chi connectivity index (χ3n) is 3.51. The Balaban J connectivity index is 2.21. The third-order valence-corrected chi connectivity index (χ3v) is 6.38. The number of hydrogen-bond donors (Lipinski definition) is 1. The fraction of sp³-hybridized carbons (Fsp3) is 0.267. The van der Waals surface area contributed by atoms with E-state index in [1.165, 1.54) is 25.8 Å². The van der Waals surface area contributed by atoms with Crippen LogP contribution in [0.1, 0.15) is 5.56 Å². The minimum atomic E-state index is -4.65. The van der Waals surface area contributed by atoms with E-state index in [2.05, 4.69) is 15.0 Å². The van der Waals surface area contributed by atoms with Gasteiger partial charge in [0.2, 0.25) is 4.21 Å². The van der Waals surface area contributed by atoms with Crippen LogP contribution in [-0.4, -0.2) is 39.0 Å². The number of aromatic nitrogens is 3. The van der Waals surface area contributed by atoms with Gasteiger partial charge >= 0.3 is 6.18 Å². The summed E-state index contributed by atoms with van der Waals surface area (Å²) in [5.74, 6) is 0.133. The molecule has 0 radical (unpaired) electrons. The predicted molar refractivity (Wildman–Crippen MR) is 93.2 cm³/mol. The molecule has 0 aliphatic rings. The quantitative estimate of drug-likeness (QED) is 0.659. The van der Waals surface area contributed by atoms with Crippen molar-refractivity contribution in [3.8, 4) is 11.3 Å². The number of nitrogen functional groups attached to an aromatic ring is 1. The molecule has 0 saturated heterocycles. The number of methoxy groups -OCH3 is 1. The molecular formula is C15H13F3N4O2S2. The first-order valence-corrected chi connectivity index (χ1v) is 9.39. The zero-order chi connectivity index (χ0) is 18.9. The minimum Gasteiger partial charge on any atom is -0.611 e. The molecule has 3 aromatic rings. The second-order valence-electron chi connectivity index (χ2n) is 5.21. The normalized spacial score (nSPS) is 13.3. The summed E-state index contributed by atoms with van der Waals surface area (Å²) in [6.45, 7) is 0.201. The van der Waals surface area contributed by atoms with Crippen LogP contribution in [0.2, 0.25) is 0 Å². The Kier molecular flexibility index (Phi) is 5.32. The van der Waals surface area contributed by atoms with Gasteiger partial charge in [-0.05, 0) is 6.07 Å². The molecule has 0 aliphatic carbocycles. The number of nitrogens with two attached hydrogens (primary N) is 1. The molecule has 6 nitrogen and oxygen atoms in total. The van der Waals surface area contributed by atoms with Gasteiger partial charge in [-0.25, -0.2) is 15.0 Å². The average Bonchev–Trinajstić information content (AvgIpc) is 2.95. The van der Waals surface area contributed by atoms with Gasteiger partial charge in [0.05, 0.1) is 23.3 Å². The second-order valence-corrected chi connectivity index (χ2v) is 7.97. The number of thiophene rings is 1. The van der Waals surface area contributed by atoms with E-state index in [0.717, 1.165) is 17.4 Å². The number of ether oxygens (including phenoxy) is 1. The summed E-state index contributed by atoms with van der Waals surface area (Å²) >= 11 is -0.688. The van der Waals surface area contributed by atoms with Gasteiger partial charge in [-0.15, -0.1) is 0 Å². The molecule has 0 aliphatic heterocycles. The third kappa shape index (κ3) is 3.61. The SMILES string of the molecule is COCC[S@+]([O-])c1sc2nc(-c3cncnc3)cc(C(F)(F)F)c2c1N. The number of fused-ring (bicyclic) bond motifs is 1. The molecule has 3 rings (SSSR count). The van der Waals surface area contributed by atoms with Gasteiger partial charge in [0, 0.05) is 36.2 Å². The van der Waals surface area contributed by atoms with Crippen LogP contribution in [0.3, 0.4) is 0 Å². The first-order chi connectivity index (χ1) is 12.3. The van der Waals surface area contributed by atoms with Crippen molar-refractivity contribution >= 4 is 38.4 Å². The van der Waals surface area contributed by atoms with Gasteiger partial charge < -0.3 is 15.0 Å². The molecule has 3 heterocycles. The summed E-state index contributed by atoms with van der Waals surface area (Å²) in [7, 11) is 1.45. The van der Waals surface area contributed by atoms with Crippen molar-refractivity contribution in [2.24, 2.45) is 0 Å². The highest BCUT2D eigenvalue weighted by Crippen LogP contribution is 2.44. The molecule has 138 valence electrons. The van der Waals surface area contributed by atoms with E-state index in [4.69, 9.17) is 10.5 Å². The number of rotatable bonds is 5. The van der Waals surface area contributed by atoms with Crippen molar-refractivity contribution in [1.82, 2.24) is 15.0 Å². The van der Waals surface area contributed by atoms with Crippen molar-refractivity contribution in [2.75, 3.05) is 25.2 Å². The fourth-order valence-electron chi connectivity index (χ4n) is 2.32. The summed E-state index contributed by atoms with van der Waals surface area (Å²) in [4.78, 5) is 11.9. The van der Waals surface area contributed by atoms with Crippen LogP contribution >= 0.6 is 11.3 Å². The summed E-state index contributed by atoms with van der Waals surface area (Å²) in [6.07, 6.45) is -0.634. The smallest absolute Gasteiger partial charge is 0.417 e. The molecular weight excluding hydrogens is 389 g/mol. The second kappa shape index (κ2) is 7.35. The van der Waals surface area contributed by atoms with Crippen LogP contribution < -0.4 is 5.73 Å². The highest BCUT2D eigenvalue weighted by atomic mass is 32.2. The molecule has 26 heavy (non-hydrogen) atoms. The Bertz CT molecular complexity index is 919. The Morgan fingerprint density at radius 2 is 2.00 bits per heavy atom. The van der Waals surface area contributed by atoms with E-state index >= 15 is 0 Å². The van der Waals surface area contributed by atoms with E-state index in [0.29, 0.717) is 5.56 Å². The maximum absolute atomic E-state index is 13.6. The summed E-state index contributed by atoms with van der Waals surface area (Å²) in [5, 5.41) is -0.233. The van der Waals surface area contributed by atoms with Gasteiger partial charge in [0.25, 0.3) is 0 Å². The maximum atomic E-state index is 13.6. The van der Waals surface area contributed by atoms with Crippen LogP contribution in [0.4, 0.5) is 18.9 Å². The number of pyridine rings is 1. The number of anilines is 1. The lowest BCUT2D eigenvalue weighted by molar-refractivity contribution is -0.136. The Labute approximate surface area is 153 Å². The molecule has 3 aromatic heterocycles. The van der Waals surface area contributed by atoms with Crippen molar-refractivity contribution in [1.29, 1.82) is 0 Å². The van der Waals surface area contributed by atoms with E-state index in [9.17, 15) is 17.7 Å². The Morgan fingerprint density at radius 3 is 2.62 bits per heavy atom. The topological polar surface area (TPSA) is 97.0 Å². The van der Waals surface area contributed by atoms with Crippen LogP contribution in [0.15, 0.2) is 29.0 Å². The first kappa shape index (κ1) is 18.8. The molecule has 11 heteroatoms. The maximum Gasteiger partial charge on any atom is 0.417 e. The van der Waals surface area contributed by atoms with E-state index < -0.39 is 22.9 Å². The van der Waals surface area contributed by atoms with Crippen LogP contribution in [0.5, 0.6) is 0 Å². The van der Waals surface area contributed by atoms with Crippen LogP contribution in [-0.2, 0) is 22.1 Å². The fourth-order valence-corrected chi connectivity index (χ4v) is 4.89. The number of halogens is 3. The molecule has 0 aromatic carbocycles. The first-order valence-electron chi connectivity index (χ1n) is 7.25. The molecule has 0 saturated carbocycles. The minimum absolute atomic E-state index is 0.0666. The average molecular weight is 402 g/mol. The van der Waals surface area contributed by atoms with Crippen molar-refractivity contribution in [3.63, 3.8) is 0 Å². The Morgan fingerprint density at radius 1 is 1.31 bits per heavy atom. The highest BCUT2D eigenvalue weighted by molar-refractivity contribution is 7.93. The lowest BCUT2D eigenvalue weighted by Gasteiger charge is -2.11. The number of hydrogen-bond acceptors (Lipinski definition) is 7. The van der Waals surface area contributed by atoms with Crippen molar-refractivity contribution in [2.45, 2.75) is 10.4 Å². The Hall–Kier alpha value is -1.95. The zero-order valence-corrected chi connectivity index (χ0v) is 15.0. The zero-order valence-electron chi connectivity index (χ0n) is 13.4. The van der Waals surface area contributed by atoms with Crippen LogP contribution in [0.25, 0.3) is 21.5 Å². The number of nitrogens with zero attached hydrogens (tertiary/aromatic N) is 3. The standard InChI is InChI=1S/C15H13F3N4O2S2/c1-24-2-3-26(23)14-12(19)11-9(15(16,17)18)4-10(22-13(11)25-14)8-5-20-7-21-6-8/h4-7H,2-3,19H2,1H3/t26-/m0/s1. The van der Waals surface area contributed by atoms with Gasteiger partial charge in [-0.3, -0.25) is 0 Å². The van der Waals surface area contributed by atoms with Crippen LogP contribution in [0, 0.1) is 0 Å². The molecule has 0 unspecified atom stereocenters. The lowest BCUT2D eigenvalue weighted by atomic mass is 10.1. The molecule has 0 bridgehead atoms. The lowest BCUT2D eigenvalue weighted by Crippen LogP contribution is -2.12. The predicted octanol–water partition coefficient (Wildman–Crippen LogP) is 3.11. The molecule has 0 amide bonds. The van der Waals surface area contributed by atoms with Crippen molar-refractivity contribution in [3.05, 3.63) is 30.4 Å². The van der Waals surface area contributed by atoms with E-state index in [1.54, 1.807) is 0 Å². The molecule has 0 spiro atoms. The van der Waals surface area contributed by atoms with E-state index in [-0.39, 0.29) is 38.2 Å².